The second-order valence-corrected chi connectivity index (χ2v) is 35.1. The van der Waals surface area contributed by atoms with E-state index in [2.05, 4.69) is 157 Å². The highest BCUT2D eigenvalue weighted by molar-refractivity contribution is 6.14. The minimum absolute atomic E-state index is 0. The number of pyridine rings is 3. The van der Waals surface area contributed by atoms with Gasteiger partial charge in [-0.2, -0.15) is 0 Å². The maximum atomic E-state index is 15.4. The summed E-state index contributed by atoms with van der Waals surface area (Å²) >= 11 is 0. The van der Waals surface area contributed by atoms with E-state index in [4.69, 9.17) is 43.6 Å². The Labute approximate surface area is 836 Å². The molecule has 0 spiro atoms. The molecule has 36 heteroatoms. The van der Waals surface area contributed by atoms with E-state index in [0.29, 0.717) is 17.5 Å². The number of carboxylic acids is 1. The zero-order chi connectivity index (χ0) is 99.1. The normalized spacial score (nSPS) is 14.3. The lowest BCUT2D eigenvalue weighted by molar-refractivity contribution is 0.0102. The van der Waals surface area contributed by atoms with Gasteiger partial charge in [0.15, 0.2) is 69.4 Å². The van der Waals surface area contributed by atoms with Gasteiger partial charge in [0, 0.05) is 199 Å². The van der Waals surface area contributed by atoms with Crippen LogP contribution in [-0.2, 0) is 32.7 Å². The van der Waals surface area contributed by atoms with Crippen molar-refractivity contribution in [3.63, 3.8) is 0 Å². The number of nitrogens with zero attached hydrogens (tertiary/aromatic N) is 14. The molecule has 17 rings (SSSR count). The lowest BCUT2D eigenvalue weighted by atomic mass is 9.97. The van der Waals surface area contributed by atoms with Crippen molar-refractivity contribution in [1.82, 2.24) is 74.7 Å². The highest BCUT2D eigenvalue weighted by atomic mass is 19.2. The summed E-state index contributed by atoms with van der Waals surface area (Å²) < 4.78 is 132. The number of nitrogens with one attached hydrogen (secondary N) is 3. The van der Waals surface area contributed by atoms with Gasteiger partial charge in [0.2, 0.25) is 0 Å². The van der Waals surface area contributed by atoms with Crippen LogP contribution in [0, 0.1) is 34.9 Å². The number of carbonyl (C=O) groups is 3. The summed E-state index contributed by atoms with van der Waals surface area (Å²) in [6, 6.07) is 39.5. The number of rotatable bonds is 26. The van der Waals surface area contributed by atoms with E-state index < -0.39 is 69.4 Å². The number of ether oxygens (including phenoxy) is 8. The summed E-state index contributed by atoms with van der Waals surface area (Å²) in [6.07, 6.45) is 13.6. The zero-order valence-corrected chi connectivity index (χ0v) is 79.4. The SMILES string of the molecule is C.C.C.C.C.COc1cc(OC)c(F)c(-c2ccc(C(=O)Nc3ccc(CN4CCNC(C)(C)C4)cn3)c3nccnc23)c1F.COc1cc(OC)c(F)c(-c2ccc(C(=O)O)c3nccnc23)c1F.COc1ccc(CN2CCN(Cc3ccc(N)nc3)CC2(C)C)cc1.COc1ccc(CN2CCN(Cc3ccc(NC(=O)c4ccc(-c5c(F)c(OC)cc(OC)c5F)c5nccnc45)nc3)CC2(C)C)cc1. The zero-order valence-electron chi connectivity index (χ0n) is 79.4. The summed E-state index contributed by atoms with van der Waals surface area (Å²) in [5.41, 5.74) is 11.6. The van der Waals surface area contributed by atoms with Gasteiger partial charge in [-0.1, -0.05) is 97.8 Å². The molecular weight excluding hydrogens is 1860 g/mol. The highest BCUT2D eigenvalue weighted by Crippen LogP contribution is 2.45. The van der Waals surface area contributed by atoms with E-state index in [1.807, 2.05) is 48.7 Å². The van der Waals surface area contributed by atoms with Crippen LogP contribution in [0.3, 0.4) is 0 Å². The number of nitrogens with two attached hydrogens (primary N) is 1. The second-order valence-electron chi connectivity index (χ2n) is 35.1. The fraction of sp³-hybridized carbons (Fsp3) is 0.333. The highest BCUT2D eigenvalue weighted by Gasteiger charge is 2.37. The molecule has 0 radical (unpaired) electrons. The second kappa shape index (κ2) is 49.7. The smallest absolute Gasteiger partial charge is 0.337 e. The lowest BCUT2D eigenvalue weighted by Gasteiger charge is -2.47. The predicted molar refractivity (Wildman–Crippen MR) is 551 cm³/mol. The maximum absolute atomic E-state index is 15.4. The number of fused-ring (bicyclic) bond motifs is 3. The number of aromatic nitrogens is 9. The van der Waals surface area contributed by atoms with Crippen LogP contribution in [0.25, 0.3) is 66.5 Å². The third kappa shape index (κ3) is 26.0. The van der Waals surface area contributed by atoms with Crippen LogP contribution in [0.2, 0.25) is 0 Å². The lowest BCUT2D eigenvalue weighted by Crippen LogP contribution is -2.58. The van der Waals surface area contributed by atoms with Crippen LogP contribution >= 0.6 is 0 Å². The molecule has 0 atom stereocenters. The number of halogens is 6. The van der Waals surface area contributed by atoms with Gasteiger partial charge in [0.05, 0.1) is 107 Å². The summed E-state index contributed by atoms with van der Waals surface area (Å²) in [7, 11) is 11.0. The van der Waals surface area contributed by atoms with Crippen molar-refractivity contribution in [3.8, 4) is 79.4 Å². The van der Waals surface area contributed by atoms with Gasteiger partial charge in [-0.15, -0.1) is 0 Å². The molecule has 3 saturated heterocycles. The first kappa shape index (κ1) is 113. The standard InChI is InChI=1S/C37H38F2N6O4.C29H30F2N6O3.C20H28N4O.C17H12F2N2O4.5CH4/c1-37(2)22-44(16-17-45(37)21-23-6-9-25(47-3)10-7-23)20-24-8-13-30(42-19-24)43-36(46)27-12-11-26(34-35(27)41-15-14-40-34)31-32(38)28(48-4)18-29(49-5)33(31)39;1-29(2)16-37(12-11-35-29)15-17-5-8-22(34-14-17)36-28(38)19-7-6-18(26-27(19)33-10-9-32-26)23-24(30)20(39-3)13-21(40-4)25(23)31;1-20(2)15-23(13-17-6-9-19(21)22-12-17)10-11-24(20)14-16-4-7-18(25-3)8-5-16;1-24-10-7-11(25-2)14(19)12(13(10)18)8-3-4-9(17(22)23)16-15(8)20-5-6-21-16;;;;;/h6-15,18-19H,16-17,20-22H2,1-5H3,(H,42,43,46);5-10,13-14,35H,11-12,15-16H2,1-4H3,(H,34,36,38);4-9,12H,10-11,13-15H2,1-3H3,(H2,21,22);3-7H,1-2H3,(H,22,23);5*1H4. The van der Waals surface area contributed by atoms with Crippen molar-refractivity contribution in [2.75, 3.05) is 132 Å². The number of aromatic carboxylic acids is 1. The average molecular weight is 1980 g/mol. The molecule has 2 amide bonds. The monoisotopic (exact) mass is 1980 g/mol. The molecule has 3 aliphatic rings. The van der Waals surface area contributed by atoms with Crippen molar-refractivity contribution in [3.05, 3.63) is 275 Å². The molecule has 8 aromatic carbocycles. The van der Waals surface area contributed by atoms with Crippen molar-refractivity contribution in [2.24, 2.45) is 0 Å². The Morgan fingerprint density at radius 3 is 0.938 bits per heavy atom. The molecule has 14 aromatic rings. The topological polar surface area (TPSA) is 340 Å². The number of benzene rings is 8. The van der Waals surface area contributed by atoms with Gasteiger partial charge >= 0.3 is 5.97 Å². The number of hydrogen-bond donors (Lipinski definition) is 5. The van der Waals surface area contributed by atoms with Crippen LogP contribution in [0.1, 0.15) is 138 Å². The number of anilines is 3. The number of methoxy groups -OCH3 is 8. The first-order valence-corrected chi connectivity index (χ1v) is 44.4. The molecule has 3 aliphatic heterocycles. The maximum Gasteiger partial charge on any atom is 0.337 e. The van der Waals surface area contributed by atoms with Crippen molar-refractivity contribution in [2.45, 2.75) is 128 Å². The van der Waals surface area contributed by atoms with Gasteiger partial charge in [-0.3, -0.25) is 64.0 Å². The van der Waals surface area contributed by atoms with E-state index in [9.17, 15) is 28.3 Å². The number of piperazine rings is 3. The quantitative estimate of drug-likeness (QED) is 0.0314. The van der Waals surface area contributed by atoms with Crippen LogP contribution < -0.4 is 59.6 Å². The molecule has 30 nitrogen and oxygen atoms in total. The van der Waals surface area contributed by atoms with Gasteiger partial charge in [-0.25, -0.2) is 46.1 Å². The Morgan fingerprint density at radius 1 is 0.354 bits per heavy atom. The molecule has 764 valence electrons. The molecule has 144 heavy (non-hydrogen) atoms. The summed E-state index contributed by atoms with van der Waals surface area (Å²) in [4.78, 5) is 88.8. The number of carbonyl (C=O) groups excluding carboxylic acids is 2. The minimum Gasteiger partial charge on any atom is -0.497 e. The number of amides is 2. The molecule has 6 N–H and O–H groups in total. The van der Waals surface area contributed by atoms with Gasteiger partial charge in [0.25, 0.3) is 11.8 Å². The van der Waals surface area contributed by atoms with Crippen molar-refractivity contribution < 1.29 is 83.7 Å². The Kier molecular flexibility index (Phi) is 39.0. The number of nitrogen functional groups attached to an aromatic ring is 1. The van der Waals surface area contributed by atoms with Gasteiger partial charge in [0.1, 0.15) is 45.5 Å². The average Bonchev–Trinajstić information content (AvgIpc) is 0.761. The van der Waals surface area contributed by atoms with Crippen LogP contribution in [0.4, 0.5) is 43.8 Å². The predicted octanol–water partition coefficient (Wildman–Crippen LogP) is 20.0. The van der Waals surface area contributed by atoms with E-state index in [1.54, 1.807) is 38.7 Å². The van der Waals surface area contributed by atoms with E-state index >= 15 is 17.6 Å². The minimum atomic E-state index is -1.22. The van der Waals surface area contributed by atoms with E-state index in [1.165, 1.54) is 133 Å². The fourth-order valence-electron chi connectivity index (χ4n) is 17.3. The van der Waals surface area contributed by atoms with Gasteiger partial charge < -0.3 is 64.7 Å². The summed E-state index contributed by atoms with van der Waals surface area (Å²) in [6.45, 7) is 26.5. The third-order valence-corrected chi connectivity index (χ3v) is 24.3. The number of carboxylic acid groups (broad SMARTS) is 1. The Balaban J connectivity index is 0.000000220. The molecule has 6 aromatic heterocycles. The van der Waals surface area contributed by atoms with Crippen LogP contribution in [0.5, 0.6) is 46.0 Å². The number of hydrogen-bond acceptors (Lipinski definition) is 27. The van der Waals surface area contributed by atoms with Crippen molar-refractivity contribution in [1.29, 1.82) is 0 Å². The molecule has 0 aliphatic carbocycles. The van der Waals surface area contributed by atoms with Crippen molar-refractivity contribution >= 4 is 68.3 Å². The first-order valence-electron chi connectivity index (χ1n) is 44.4. The molecule has 3 fully saturated rings. The largest absolute Gasteiger partial charge is 0.497 e. The summed E-state index contributed by atoms with van der Waals surface area (Å²) in [5.74, 6) is -5.92. The van der Waals surface area contributed by atoms with Gasteiger partial charge in [-0.05, 0) is 130 Å². The molecule has 9 heterocycles. The van der Waals surface area contributed by atoms with Crippen LogP contribution in [-0.4, -0.2) is 225 Å². The molecule has 0 unspecified atom stereocenters. The fourth-order valence-corrected chi connectivity index (χ4v) is 17.3. The first-order chi connectivity index (χ1) is 66.8. The van der Waals surface area contributed by atoms with E-state index in [0.717, 1.165) is 132 Å². The Hall–Kier alpha value is -14.8. The Bertz CT molecular complexity index is 6680. The molecular formula is C108H128F6N18O12. The van der Waals surface area contributed by atoms with Crippen LogP contribution in [0.15, 0.2) is 195 Å². The third-order valence-electron chi connectivity index (χ3n) is 24.3. The molecule has 0 saturated carbocycles. The Morgan fingerprint density at radius 2 is 0.653 bits per heavy atom. The summed E-state index contributed by atoms with van der Waals surface area (Å²) in [5, 5.41) is 18.4. The van der Waals surface area contributed by atoms with E-state index in [-0.39, 0.29) is 155 Å². The molecule has 0 bridgehead atoms.